The number of carbonyl (C=O) groups is 3. The molecule has 0 aliphatic carbocycles. The van der Waals surface area contributed by atoms with Crippen molar-refractivity contribution >= 4 is 35.2 Å². The number of ether oxygens (including phenoxy) is 2. The maximum absolute atomic E-state index is 13.1. The van der Waals surface area contributed by atoms with E-state index in [1.807, 2.05) is 4.90 Å². The van der Waals surface area contributed by atoms with Crippen molar-refractivity contribution in [2.24, 2.45) is 11.7 Å². The number of carbonyl (C=O) groups excluding carboxylic acids is 3. The van der Waals surface area contributed by atoms with Crippen molar-refractivity contribution in [1.29, 1.82) is 0 Å². The van der Waals surface area contributed by atoms with Gasteiger partial charge in [-0.15, -0.1) is 0 Å². The Morgan fingerprint density at radius 3 is 2.59 bits per heavy atom. The van der Waals surface area contributed by atoms with Gasteiger partial charge in [-0.1, -0.05) is 0 Å². The summed E-state index contributed by atoms with van der Waals surface area (Å²) in [6.45, 7) is 1.83. The third-order valence-electron chi connectivity index (χ3n) is 6.26. The molecule has 2 aromatic rings. The van der Waals surface area contributed by atoms with Gasteiger partial charge in [0.05, 0.1) is 11.5 Å². The van der Waals surface area contributed by atoms with Gasteiger partial charge in [0.25, 0.3) is 5.56 Å². The lowest BCUT2D eigenvalue weighted by molar-refractivity contribution is -0.123. The summed E-state index contributed by atoms with van der Waals surface area (Å²) in [4.78, 5) is 58.8. The van der Waals surface area contributed by atoms with Crippen molar-refractivity contribution in [3.63, 3.8) is 0 Å². The number of amides is 3. The molecule has 12 heteroatoms. The van der Waals surface area contributed by atoms with Crippen LogP contribution in [0.2, 0.25) is 0 Å². The highest BCUT2D eigenvalue weighted by Gasteiger charge is 2.35. The second kappa shape index (κ2) is 8.69. The molecule has 1 atom stereocenters. The molecule has 34 heavy (non-hydrogen) atoms. The lowest BCUT2D eigenvalue weighted by Crippen LogP contribution is -2.41. The third-order valence-corrected chi connectivity index (χ3v) is 6.26. The molecule has 3 aliphatic rings. The van der Waals surface area contributed by atoms with Gasteiger partial charge in [-0.25, -0.2) is 0 Å². The molecule has 1 aromatic heterocycles. The van der Waals surface area contributed by atoms with Crippen LogP contribution in [0.25, 0.3) is 0 Å². The summed E-state index contributed by atoms with van der Waals surface area (Å²) >= 11 is 0. The number of rotatable bonds is 4. The topological polar surface area (TPSA) is 169 Å². The highest BCUT2D eigenvalue weighted by Crippen LogP contribution is 2.34. The van der Waals surface area contributed by atoms with E-state index in [1.54, 1.807) is 18.2 Å². The summed E-state index contributed by atoms with van der Waals surface area (Å²) in [5, 5.41) is 5.36. The summed E-state index contributed by atoms with van der Waals surface area (Å²) in [6, 6.07) is 4.99. The Bertz CT molecular complexity index is 1220. The standard InChI is InChI=1S/C22H24N6O6/c23-18(30)11-3-5-28(6-4-11)22-26-19-17(21(32)27-22)13(10-16(29)25-19)20(31)24-12-1-2-14-15(9-12)34-8-7-33-14/h1-2,9,11,13H,3-8,10H2,(H2,23,30)(H,24,31)(H2,25,26,27,29,32)/t13-/m0/s1. The number of aromatic amines is 1. The minimum absolute atomic E-state index is 0.0642. The van der Waals surface area contributed by atoms with Crippen molar-refractivity contribution in [3.8, 4) is 11.5 Å². The molecule has 1 fully saturated rings. The van der Waals surface area contributed by atoms with Crippen molar-refractivity contribution < 1.29 is 23.9 Å². The number of anilines is 3. The molecule has 12 nitrogen and oxygen atoms in total. The maximum atomic E-state index is 13.1. The molecular weight excluding hydrogens is 444 g/mol. The van der Waals surface area contributed by atoms with E-state index in [1.165, 1.54) is 0 Å². The predicted octanol–water partition coefficient (Wildman–Crippen LogP) is 0.307. The normalized spacial score (nSPS) is 19.7. The molecule has 0 saturated carbocycles. The van der Waals surface area contributed by atoms with Crippen LogP contribution in [0.1, 0.15) is 30.7 Å². The lowest BCUT2D eigenvalue weighted by Gasteiger charge is -2.32. The highest BCUT2D eigenvalue weighted by molar-refractivity contribution is 6.04. The highest BCUT2D eigenvalue weighted by atomic mass is 16.6. The number of nitrogens with zero attached hydrogens (tertiary/aromatic N) is 2. The van der Waals surface area contributed by atoms with E-state index in [4.69, 9.17) is 15.2 Å². The van der Waals surface area contributed by atoms with E-state index in [2.05, 4.69) is 20.6 Å². The molecule has 1 aromatic carbocycles. The molecule has 3 aliphatic heterocycles. The maximum Gasteiger partial charge on any atom is 0.258 e. The number of benzene rings is 1. The van der Waals surface area contributed by atoms with Gasteiger partial charge in [0.15, 0.2) is 11.5 Å². The van der Waals surface area contributed by atoms with Crippen molar-refractivity contribution in [1.82, 2.24) is 9.97 Å². The molecule has 1 saturated heterocycles. The van der Waals surface area contributed by atoms with Crippen LogP contribution in [0, 0.1) is 5.92 Å². The number of nitrogens with two attached hydrogens (primary N) is 1. The van der Waals surface area contributed by atoms with Crippen LogP contribution in [-0.2, 0) is 14.4 Å². The second-order valence-electron chi connectivity index (χ2n) is 8.47. The van der Waals surface area contributed by atoms with Gasteiger partial charge in [0.2, 0.25) is 23.7 Å². The Labute approximate surface area is 193 Å². The Balaban J connectivity index is 1.38. The number of piperidine rings is 1. The molecule has 0 bridgehead atoms. The fraction of sp³-hybridized carbons (Fsp3) is 0.409. The van der Waals surface area contributed by atoms with Crippen LogP contribution >= 0.6 is 0 Å². The second-order valence-corrected chi connectivity index (χ2v) is 8.47. The van der Waals surface area contributed by atoms with Crippen LogP contribution in [0.15, 0.2) is 23.0 Å². The van der Waals surface area contributed by atoms with Gasteiger partial charge in [0, 0.05) is 37.2 Å². The molecule has 3 amide bonds. The van der Waals surface area contributed by atoms with E-state index < -0.39 is 23.3 Å². The first kappa shape index (κ1) is 21.7. The lowest BCUT2D eigenvalue weighted by atomic mass is 9.92. The van der Waals surface area contributed by atoms with Gasteiger partial charge in [0.1, 0.15) is 19.0 Å². The average Bonchev–Trinajstić information content (AvgIpc) is 2.83. The first-order valence-corrected chi connectivity index (χ1v) is 11.1. The van der Waals surface area contributed by atoms with Crippen molar-refractivity contribution in [2.45, 2.75) is 25.2 Å². The fourth-order valence-electron chi connectivity index (χ4n) is 4.46. The monoisotopic (exact) mass is 468 g/mol. The summed E-state index contributed by atoms with van der Waals surface area (Å²) in [7, 11) is 0. The minimum Gasteiger partial charge on any atom is -0.486 e. The smallest absolute Gasteiger partial charge is 0.258 e. The molecular formula is C22H24N6O6. The summed E-state index contributed by atoms with van der Waals surface area (Å²) in [5.41, 5.74) is 5.44. The number of H-pyrrole nitrogens is 1. The summed E-state index contributed by atoms with van der Waals surface area (Å²) in [6.07, 6.45) is 0.906. The molecule has 5 rings (SSSR count). The SMILES string of the molecule is NC(=O)C1CCN(c2nc3c(c(=O)[nH]2)[C@@H](C(=O)Nc2ccc4c(c2)OCCO4)CC(=O)N3)CC1. The molecule has 4 heterocycles. The molecule has 0 radical (unpaired) electrons. The van der Waals surface area contributed by atoms with Gasteiger partial charge < -0.3 is 30.7 Å². The molecule has 0 unspecified atom stereocenters. The number of nitrogens with one attached hydrogen (secondary N) is 3. The summed E-state index contributed by atoms with van der Waals surface area (Å²) in [5.74, 6) is -1.05. The van der Waals surface area contributed by atoms with Crippen LogP contribution in [0.3, 0.4) is 0 Å². The first-order valence-electron chi connectivity index (χ1n) is 11.1. The third kappa shape index (κ3) is 4.14. The molecule has 178 valence electrons. The molecule has 5 N–H and O–H groups in total. The average molecular weight is 468 g/mol. The van der Waals surface area contributed by atoms with Gasteiger partial charge in [-0.2, -0.15) is 4.98 Å². The van der Waals surface area contributed by atoms with Crippen LogP contribution < -0.4 is 36.3 Å². The van der Waals surface area contributed by atoms with Crippen LogP contribution in [-0.4, -0.2) is 54.0 Å². The van der Waals surface area contributed by atoms with E-state index in [9.17, 15) is 19.2 Å². The van der Waals surface area contributed by atoms with Crippen molar-refractivity contribution in [2.75, 3.05) is 41.8 Å². The zero-order chi connectivity index (χ0) is 23.8. The Kier molecular flexibility index (Phi) is 5.56. The fourth-order valence-corrected chi connectivity index (χ4v) is 4.46. The number of fused-ring (bicyclic) bond motifs is 2. The first-order chi connectivity index (χ1) is 16.4. The summed E-state index contributed by atoms with van der Waals surface area (Å²) < 4.78 is 11.0. The number of aromatic nitrogens is 2. The quantitative estimate of drug-likeness (QED) is 0.497. The van der Waals surface area contributed by atoms with Gasteiger partial charge in [-0.3, -0.25) is 24.2 Å². The van der Waals surface area contributed by atoms with E-state index in [-0.39, 0.29) is 35.6 Å². The zero-order valence-corrected chi connectivity index (χ0v) is 18.3. The van der Waals surface area contributed by atoms with E-state index in [0.717, 1.165) is 0 Å². The number of hydrogen-bond acceptors (Lipinski definition) is 8. The number of hydrogen-bond donors (Lipinski definition) is 4. The van der Waals surface area contributed by atoms with E-state index >= 15 is 0 Å². The number of primary amides is 1. The molecule has 0 spiro atoms. The van der Waals surface area contributed by atoms with Crippen molar-refractivity contribution in [3.05, 3.63) is 34.1 Å². The Hall–Kier alpha value is -4.09. The Morgan fingerprint density at radius 2 is 1.85 bits per heavy atom. The van der Waals surface area contributed by atoms with Gasteiger partial charge >= 0.3 is 0 Å². The zero-order valence-electron chi connectivity index (χ0n) is 18.3. The minimum atomic E-state index is -1.01. The predicted molar refractivity (Wildman–Crippen MR) is 121 cm³/mol. The largest absolute Gasteiger partial charge is 0.486 e. The van der Waals surface area contributed by atoms with Gasteiger partial charge in [-0.05, 0) is 25.0 Å². The van der Waals surface area contributed by atoms with Crippen LogP contribution in [0.5, 0.6) is 11.5 Å². The van der Waals surface area contributed by atoms with Crippen LogP contribution in [0.4, 0.5) is 17.5 Å². The Morgan fingerprint density at radius 1 is 1.12 bits per heavy atom. The van der Waals surface area contributed by atoms with E-state index in [0.29, 0.717) is 56.3 Å².